The van der Waals surface area contributed by atoms with Crippen LogP contribution in [0.5, 0.6) is 0 Å². The van der Waals surface area contributed by atoms with Gasteiger partial charge in [0, 0.05) is 31.7 Å². The molecule has 1 fully saturated rings. The number of benzene rings is 1. The minimum Gasteiger partial charge on any atom is -0.366 e. The highest BCUT2D eigenvalue weighted by Crippen LogP contribution is 2.17. The Kier molecular flexibility index (Phi) is 4.39. The number of anilines is 1. The number of ether oxygens (including phenoxy) is 1. The second kappa shape index (κ2) is 6.62. The molecule has 22 heavy (non-hydrogen) atoms. The van der Waals surface area contributed by atoms with Gasteiger partial charge in [-0.15, -0.1) is 0 Å². The van der Waals surface area contributed by atoms with Crippen LogP contribution in [-0.4, -0.2) is 41.3 Å². The molecular weight excluding hydrogens is 280 g/mol. The summed E-state index contributed by atoms with van der Waals surface area (Å²) < 4.78 is 7.50. The molecule has 0 saturated carbocycles. The van der Waals surface area contributed by atoms with Crippen LogP contribution in [0.15, 0.2) is 42.7 Å². The van der Waals surface area contributed by atoms with Crippen molar-refractivity contribution in [3.05, 3.63) is 48.5 Å². The Morgan fingerprint density at radius 3 is 2.95 bits per heavy atom. The predicted molar refractivity (Wildman–Crippen MR) is 83.4 cm³/mol. The van der Waals surface area contributed by atoms with Crippen LogP contribution in [0.25, 0.3) is 0 Å². The number of nitrogens with one attached hydrogen (secondary N) is 1. The van der Waals surface area contributed by atoms with Gasteiger partial charge in [0.2, 0.25) is 0 Å². The number of aromatic nitrogens is 2. The van der Waals surface area contributed by atoms with Gasteiger partial charge in [0.1, 0.15) is 5.82 Å². The summed E-state index contributed by atoms with van der Waals surface area (Å²) in [5.41, 5.74) is 1.12. The van der Waals surface area contributed by atoms with Gasteiger partial charge in [-0.1, -0.05) is 18.2 Å². The molecule has 1 N–H and O–H groups in total. The van der Waals surface area contributed by atoms with E-state index < -0.39 is 6.10 Å². The fourth-order valence-electron chi connectivity index (χ4n) is 2.53. The molecule has 3 rings (SSSR count). The molecule has 116 valence electrons. The standard InChI is InChI=1S/C16H20N4O2/c1-19-8-7-17-15(19)11-18-16(21)14-12-20(9-10-22-14)13-5-3-2-4-6-13/h2-8,14H,9-12H2,1H3,(H,18,21)/t14-/m0/s1. The van der Waals surface area contributed by atoms with Gasteiger partial charge in [-0.3, -0.25) is 4.79 Å². The van der Waals surface area contributed by atoms with Gasteiger partial charge in [0.25, 0.3) is 5.91 Å². The number of carbonyl (C=O) groups is 1. The number of carbonyl (C=O) groups excluding carboxylic acids is 1. The van der Waals surface area contributed by atoms with Crippen molar-refractivity contribution in [2.24, 2.45) is 7.05 Å². The summed E-state index contributed by atoms with van der Waals surface area (Å²) in [5.74, 6) is 0.729. The van der Waals surface area contributed by atoms with E-state index in [4.69, 9.17) is 4.74 Å². The maximum absolute atomic E-state index is 12.3. The third kappa shape index (κ3) is 3.28. The normalized spacial score (nSPS) is 18.2. The number of hydrogen-bond donors (Lipinski definition) is 1. The minimum atomic E-state index is -0.450. The second-order valence-corrected chi connectivity index (χ2v) is 5.31. The molecule has 6 nitrogen and oxygen atoms in total. The van der Waals surface area contributed by atoms with Crippen LogP contribution in [0.1, 0.15) is 5.82 Å². The Morgan fingerprint density at radius 1 is 1.41 bits per heavy atom. The van der Waals surface area contributed by atoms with Gasteiger partial charge < -0.3 is 19.5 Å². The highest BCUT2D eigenvalue weighted by Gasteiger charge is 2.26. The Hall–Kier alpha value is -2.34. The van der Waals surface area contributed by atoms with Gasteiger partial charge >= 0.3 is 0 Å². The number of nitrogens with zero attached hydrogens (tertiary/aromatic N) is 3. The Balaban J connectivity index is 1.57. The molecule has 1 aromatic heterocycles. The van der Waals surface area contributed by atoms with Crippen molar-refractivity contribution >= 4 is 11.6 Å². The third-order valence-electron chi connectivity index (χ3n) is 3.82. The molecule has 0 spiro atoms. The van der Waals surface area contributed by atoms with E-state index in [9.17, 15) is 4.79 Å². The first-order chi connectivity index (χ1) is 10.7. The Morgan fingerprint density at radius 2 is 2.23 bits per heavy atom. The van der Waals surface area contributed by atoms with E-state index in [1.165, 1.54) is 0 Å². The fourth-order valence-corrected chi connectivity index (χ4v) is 2.53. The first-order valence-corrected chi connectivity index (χ1v) is 7.39. The van der Waals surface area contributed by atoms with Crippen molar-refractivity contribution in [3.8, 4) is 0 Å². The first kappa shape index (κ1) is 14.6. The van der Waals surface area contributed by atoms with Gasteiger partial charge in [-0.2, -0.15) is 0 Å². The van der Waals surface area contributed by atoms with Gasteiger partial charge in [-0.25, -0.2) is 4.98 Å². The SMILES string of the molecule is Cn1ccnc1CNC(=O)[C@@H]1CN(c2ccccc2)CCO1. The molecule has 1 aliphatic rings. The van der Waals surface area contributed by atoms with E-state index in [0.29, 0.717) is 19.7 Å². The van der Waals surface area contributed by atoms with E-state index in [-0.39, 0.29) is 5.91 Å². The van der Waals surface area contributed by atoms with Crippen LogP contribution in [0, 0.1) is 0 Å². The predicted octanol–water partition coefficient (Wildman–Crippen LogP) is 0.942. The molecule has 2 aromatic rings. The van der Waals surface area contributed by atoms with Crippen molar-refractivity contribution in [2.45, 2.75) is 12.6 Å². The molecule has 0 bridgehead atoms. The number of hydrogen-bond acceptors (Lipinski definition) is 4. The molecule has 1 atom stereocenters. The monoisotopic (exact) mass is 300 g/mol. The maximum atomic E-state index is 12.3. The maximum Gasteiger partial charge on any atom is 0.251 e. The second-order valence-electron chi connectivity index (χ2n) is 5.31. The topological polar surface area (TPSA) is 59.4 Å². The van der Waals surface area contributed by atoms with E-state index in [1.807, 2.05) is 48.1 Å². The smallest absolute Gasteiger partial charge is 0.251 e. The van der Waals surface area contributed by atoms with E-state index in [2.05, 4.69) is 15.2 Å². The summed E-state index contributed by atoms with van der Waals surface area (Å²) in [4.78, 5) is 18.6. The molecule has 0 aliphatic carbocycles. The molecule has 1 saturated heterocycles. The average Bonchev–Trinajstić information content (AvgIpc) is 2.99. The number of amides is 1. The van der Waals surface area contributed by atoms with Crippen LogP contribution in [-0.2, 0) is 23.1 Å². The molecule has 2 heterocycles. The fraction of sp³-hybridized carbons (Fsp3) is 0.375. The summed E-state index contributed by atoms with van der Waals surface area (Å²) in [5, 5.41) is 2.89. The van der Waals surface area contributed by atoms with Crippen molar-refractivity contribution in [1.29, 1.82) is 0 Å². The number of morpholine rings is 1. The molecule has 6 heteroatoms. The Bertz CT molecular complexity index is 626. The highest BCUT2D eigenvalue weighted by atomic mass is 16.5. The summed E-state index contributed by atoms with van der Waals surface area (Å²) in [6.45, 7) is 2.33. The minimum absolute atomic E-state index is 0.0939. The van der Waals surface area contributed by atoms with Gasteiger partial charge in [-0.05, 0) is 12.1 Å². The zero-order valence-electron chi connectivity index (χ0n) is 12.6. The molecule has 1 aliphatic heterocycles. The summed E-state index contributed by atoms with van der Waals surface area (Å²) >= 11 is 0. The number of imidazole rings is 1. The molecule has 1 aromatic carbocycles. The van der Waals surface area contributed by atoms with Gasteiger partial charge in [0.05, 0.1) is 19.7 Å². The lowest BCUT2D eigenvalue weighted by molar-refractivity contribution is -0.133. The first-order valence-electron chi connectivity index (χ1n) is 7.39. The lowest BCUT2D eigenvalue weighted by Crippen LogP contribution is -2.49. The number of aryl methyl sites for hydroxylation is 1. The number of rotatable bonds is 4. The summed E-state index contributed by atoms with van der Waals surface area (Å²) in [6.07, 6.45) is 3.13. The summed E-state index contributed by atoms with van der Waals surface area (Å²) in [7, 11) is 1.91. The van der Waals surface area contributed by atoms with Crippen molar-refractivity contribution in [2.75, 3.05) is 24.6 Å². The highest BCUT2D eigenvalue weighted by molar-refractivity contribution is 5.81. The quantitative estimate of drug-likeness (QED) is 0.913. The van der Waals surface area contributed by atoms with E-state index in [0.717, 1.165) is 18.1 Å². The summed E-state index contributed by atoms with van der Waals surface area (Å²) in [6, 6.07) is 10.1. The largest absolute Gasteiger partial charge is 0.366 e. The molecule has 0 radical (unpaired) electrons. The van der Waals surface area contributed by atoms with Crippen LogP contribution in [0.4, 0.5) is 5.69 Å². The van der Waals surface area contributed by atoms with Crippen molar-refractivity contribution in [1.82, 2.24) is 14.9 Å². The molecule has 0 unspecified atom stereocenters. The van der Waals surface area contributed by atoms with Crippen molar-refractivity contribution in [3.63, 3.8) is 0 Å². The van der Waals surface area contributed by atoms with Crippen LogP contribution in [0.2, 0.25) is 0 Å². The van der Waals surface area contributed by atoms with E-state index >= 15 is 0 Å². The average molecular weight is 300 g/mol. The number of para-hydroxylation sites is 1. The Labute approximate surface area is 129 Å². The zero-order valence-corrected chi connectivity index (χ0v) is 12.6. The lowest BCUT2D eigenvalue weighted by atomic mass is 10.2. The van der Waals surface area contributed by atoms with E-state index in [1.54, 1.807) is 6.20 Å². The lowest BCUT2D eigenvalue weighted by Gasteiger charge is -2.33. The van der Waals surface area contributed by atoms with Crippen LogP contribution in [0.3, 0.4) is 0 Å². The van der Waals surface area contributed by atoms with Crippen LogP contribution >= 0.6 is 0 Å². The van der Waals surface area contributed by atoms with Gasteiger partial charge in [0.15, 0.2) is 6.10 Å². The third-order valence-corrected chi connectivity index (χ3v) is 3.82. The molecular formula is C16H20N4O2. The molecule has 1 amide bonds. The zero-order chi connectivity index (χ0) is 15.4. The van der Waals surface area contributed by atoms with Crippen LogP contribution < -0.4 is 10.2 Å². The van der Waals surface area contributed by atoms with Crippen molar-refractivity contribution < 1.29 is 9.53 Å².